The molecule has 0 radical (unpaired) electrons. The van der Waals surface area contributed by atoms with E-state index in [-0.39, 0.29) is 19.2 Å². The van der Waals surface area contributed by atoms with Gasteiger partial charge in [0.15, 0.2) is 11.5 Å². The number of allylic oxidation sites excluding steroid dienone is 1. The molecule has 1 saturated heterocycles. The summed E-state index contributed by atoms with van der Waals surface area (Å²) < 4.78 is 10.5. The lowest BCUT2D eigenvalue weighted by Gasteiger charge is -2.39. The number of piperidine rings is 1. The van der Waals surface area contributed by atoms with E-state index in [1.807, 2.05) is 0 Å². The quantitative estimate of drug-likeness (QED) is 0.862. The van der Waals surface area contributed by atoms with Gasteiger partial charge in [-0.2, -0.15) is 0 Å². The summed E-state index contributed by atoms with van der Waals surface area (Å²) in [5, 5.41) is 9.59. The zero-order chi connectivity index (χ0) is 16.4. The Morgan fingerprint density at radius 3 is 2.87 bits per heavy atom. The van der Waals surface area contributed by atoms with E-state index in [4.69, 9.17) is 9.47 Å². The van der Waals surface area contributed by atoms with Crippen molar-refractivity contribution in [3.8, 4) is 11.5 Å². The molecule has 6 nitrogen and oxygen atoms in total. The van der Waals surface area contributed by atoms with Gasteiger partial charge < -0.3 is 19.5 Å². The molecule has 0 aliphatic carbocycles. The Kier molecular flexibility index (Phi) is 3.98. The number of fused-ring (bicyclic) bond motifs is 1. The first-order valence-corrected chi connectivity index (χ1v) is 7.59. The zero-order valence-corrected chi connectivity index (χ0v) is 12.8. The largest absolute Gasteiger partial charge is 0.481 e. The monoisotopic (exact) mass is 317 g/mol. The van der Waals surface area contributed by atoms with Crippen LogP contribution in [0.5, 0.6) is 11.5 Å². The van der Waals surface area contributed by atoms with Crippen LogP contribution in [-0.2, 0) is 4.79 Å². The molecule has 23 heavy (non-hydrogen) atoms. The Morgan fingerprint density at radius 2 is 2.13 bits per heavy atom. The summed E-state index contributed by atoms with van der Waals surface area (Å²) in [4.78, 5) is 26.0. The van der Waals surface area contributed by atoms with Gasteiger partial charge in [0.05, 0.1) is 5.41 Å². The first kappa shape index (κ1) is 15.4. The molecule has 1 aromatic carbocycles. The van der Waals surface area contributed by atoms with Gasteiger partial charge in [-0.15, -0.1) is 6.58 Å². The molecular formula is C17H19NO5. The lowest BCUT2D eigenvalue weighted by molar-refractivity contribution is -0.151. The minimum atomic E-state index is -0.938. The van der Waals surface area contributed by atoms with Crippen molar-refractivity contribution in [2.45, 2.75) is 19.3 Å². The van der Waals surface area contributed by atoms with Crippen LogP contribution in [0.3, 0.4) is 0 Å². The minimum absolute atomic E-state index is 0.151. The van der Waals surface area contributed by atoms with Gasteiger partial charge in [-0.3, -0.25) is 9.59 Å². The molecule has 1 unspecified atom stereocenters. The highest BCUT2D eigenvalue weighted by atomic mass is 16.7. The molecule has 0 saturated carbocycles. The van der Waals surface area contributed by atoms with Gasteiger partial charge in [-0.05, 0) is 37.5 Å². The number of hydrogen-bond acceptors (Lipinski definition) is 4. The fourth-order valence-corrected chi connectivity index (χ4v) is 3.22. The highest BCUT2D eigenvalue weighted by Crippen LogP contribution is 2.36. The SMILES string of the molecule is C=CCC1(C(=O)O)CCCN(C(=O)c2ccc3c(c2)OCO3)C1. The van der Waals surface area contributed by atoms with Crippen LogP contribution in [0.4, 0.5) is 0 Å². The van der Waals surface area contributed by atoms with Crippen LogP contribution >= 0.6 is 0 Å². The molecule has 2 aliphatic rings. The molecule has 3 rings (SSSR count). The second-order valence-electron chi connectivity index (χ2n) is 5.98. The van der Waals surface area contributed by atoms with Crippen molar-refractivity contribution in [2.24, 2.45) is 5.41 Å². The highest BCUT2D eigenvalue weighted by molar-refractivity contribution is 5.95. The lowest BCUT2D eigenvalue weighted by atomic mass is 9.77. The predicted molar refractivity (Wildman–Crippen MR) is 82.6 cm³/mol. The highest BCUT2D eigenvalue weighted by Gasteiger charge is 2.42. The summed E-state index contributed by atoms with van der Waals surface area (Å²) in [5.41, 5.74) is -0.458. The van der Waals surface area contributed by atoms with Crippen LogP contribution in [0.1, 0.15) is 29.6 Å². The maximum absolute atomic E-state index is 12.7. The van der Waals surface area contributed by atoms with Crippen molar-refractivity contribution in [2.75, 3.05) is 19.9 Å². The summed E-state index contributed by atoms with van der Waals surface area (Å²) in [6, 6.07) is 5.03. The van der Waals surface area contributed by atoms with Crippen molar-refractivity contribution in [1.29, 1.82) is 0 Å². The van der Waals surface area contributed by atoms with Crippen LogP contribution in [0.2, 0.25) is 0 Å². The molecule has 0 spiro atoms. The first-order valence-electron chi connectivity index (χ1n) is 7.59. The summed E-state index contributed by atoms with van der Waals surface area (Å²) in [5.74, 6) is 0.105. The number of carboxylic acids is 1. The Morgan fingerprint density at radius 1 is 1.35 bits per heavy atom. The first-order chi connectivity index (χ1) is 11.1. The second kappa shape index (κ2) is 5.95. The van der Waals surface area contributed by atoms with Gasteiger partial charge in [-0.1, -0.05) is 6.08 Å². The normalized spacial score (nSPS) is 22.7. The number of ether oxygens (including phenoxy) is 2. The zero-order valence-electron chi connectivity index (χ0n) is 12.8. The number of carboxylic acid groups (broad SMARTS) is 1. The van der Waals surface area contributed by atoms with Gasteiger partial charge in [0, 0.05) is 18.7 Å². The van der Waals surface area contributed by atoms with Crippen molar-refractivity contribution >= 4 is 11.9 Å². The Balaban J connectivity index is 1.82. The van der Waals surface area contributed by atoms with E-state index in [1.165, 1.54) is 0 Å². The van der Waals surface area contributed by atoms with Crippen LogP contribution in [0.15, 0.2) is 30.9 Å². The van der Waals surface area contributed by atoms with Crippen LogP contribution < -0.4 is 9.47 Å². The standard InChI is InChI=1S/C17H19NO5/c1-2-6-17(16(20)21)7-3-8-18(10-17)15(19)12-4-5-13-14(9-12)23-11-22-13/h2,4-5,9H,1,3,6-8,10-11H2,(H,20,21). The fraction of sp³-hybridized carbons (Fsp3) is 0.412. The molecule has 2 aliphatic heterocycles. The average Bonchev–Trinajstić information content (AvgIpc) is 3.02. The van der Waals surface area contributed by atoms with E-state index in [1.54, 1.807) is 29.2 Å². The summed E-state index contributed by atoms with van der Waals surface area (Å²) in [7, 11) is 0. The summed E-state index contributed by atoms with van der Waals surface area (Å²) >= 11 is 0. The summed E-state index contributed by atoms with van der Waals surface area (Å²) in [6.45, 7) is 4.55. The third-order valence-electron chi connectivity index (χ3n) is 4.47. The van der Waals surface area contributed by atoms with E-state index >= 15 is 0 Å². The molecule has 1 aromatic rings. The number of nitrogens with zero attached hydrogens (tertiary/aromatic N) is 1. The smallest absolute Gasteiger partial charge is 0.311 e. The maximum Gasteiger partial charge on any atom is 0.311 e. The Bertz CT molecular complexity index is 656. The van der Waals surface area contributed by atoms with Crippen molar-refractivity contribution in [1.82, 2.24) is 4.90 Å². The number of hydrogen-bond donors (Lipinski definition) is 1. The second-order valence-corrected chi connectivity index (χ2v) is 5.98. The molecule has 1 N–H and O–H groups in total. The fourth-order valence-electron chi connectivity index (χ4n) is 3.22. The molecule has 6 heteroatoms. The van der Waals surface area contributed by atoms with E-state index in [2.05, 4.69) is 6.58 Å². The van der Waals surface area contributed by atoms with Crippen LogP contribution in [-0.4, -0.2) is 41.8 Å². The number of aliphatic carboxylic acids is 1. The molecule has 1 atom stereocenters. The molecule has 2 heterocycles. The lowest BCUT2D eigenvalue weighted by Crippen LogP contribution is -2.49. The van der Waals surface area contributed by atoms with Gasteiger partial charge in [-0.25, -0.2) is 0 Å². The van der Waals surface area contributed by atoms with Gasteiger partial charge in [0.25, 0.3) is 5.91 Å². The van der Waals surface area contributed by atoms with E-state index in [0.717, 1.165) is 0 Å². The van der Waals surface area contributed by atoms with Gasteiger partial charge >= 0.3 is 5.97 Å². The van der Waals surface area contributed by atoms with Gasteiger partial charge in [0.1, 0.15) is 0 Å². The minimum Gasteiger partial charge on any atom is -0.481 e. The number of amides is 1. The molecule has 0 aromatic heterocycles. The van der Waals surface area contributed by atoms with Crippen molar-refractivity contribution in [3.63, 3.8) is 0 Å². The van der Waals surface area contributed by atoms with E-state index in [0.29, 0.717) is 42.9 Å². The molecule has 1 amide bonds. The Hall–Kier alpha value is -2.50. The predicted octanol–water partition coefficient (Wildman–Crippen LogP) is 2.30. The van der Waals surface area contributed by atoms with E-state index < -0.39 is 11.4 Å². The summed E-state index contributed by atoms with van der Waals surface area (Å²) in [6.07, 6.45) is 3.19. The number of likely N-dealkylation sites (tertiary alicyclic amines) is 1. The van der Waals surface area contributed by atoms with Crippen LogP contribution in [0, 0.1) is 5.41 Å². The topological polar surface area (TPSA) is 76.1 Å². The number of rotatable bonds is 4. The third kappa shape index (κ3) is 2.76. The molecule has 122 valence electrons. The third-order valence-corrected chi connectivity index (χ3v) is 4.47. The number of carbonyl (C=O) groups is 2. The van der Waals surface area contributed by atoms with E-state index in [9.17, 15) is 14.7 Å². The number of carbonyl (C=O) groups excluding carboxylic acids is 1. The van der Waals surface area contributed by atoms with Crippen molar-refractivity contribution in [3.05, 3.63) is 36.4 Å². The molecular weight excluding hydrogens is 298 g/mol. The number of benzene rings is 1. The van der Waals surface area contributed by atoms with Crippen LogP contribution in [0.25, 0.3) is 0 Å². The average molecular weight is 317 g/mol. The Labute approximate surface area is 134 Å². The van der Waals surface area contributed by atoms with Gasteiger partial charge in [0.2, 0.25) is 6.79 Å². The van der Waals surface area contributed by atoms with Crippen molar-refractivity contribution < 1.29 is 24.2 Å². The maximum atomic E-state index is 12.7. The molecule has 1 fully saturated rings. The molecule has 0 bridgehead atoms.